The zero-order valence-electron chi connectivity index (χ0n) is 11.0. The molecule has 0 aliphatic rings. The number of thiazole rings is 1. The first-order chi connectivity index (χ1) is 9.63. The molecule has 1 aromatic carbocycles. The molecule has 1 heterocycles. The molecule has 0 unspecified atom stereocenters. The van der Waals surface area contributed by atoms with E-state index in [2.05, 4.69) is 4.98 Å². The lowest BCUT2D eigenvalue weighted by Crippen LogP contribution is -1.99. The van der Waals surface area contributed by atoms with E-state index in [-0.39, 0.29) is 6.42 Å². The molecule has 5 heteroatoms. The normalized spacial score (nSPS) is 10.7. The van der Waals surface area contributed by atoms with Gasteiger partial charge in [0.2, 0.25) is 0 Å². The molecule has 0 radical (unpaired) electrons. The van der Waals surface area contributed by atoms with E-state index >= 15 is 0 Å². The zero-order chi connectivity index (χ0) is 14.4. The second kappa shape index (κ2) is 7.41. The van der Waals surface area contributed by atoms with Gasteiger partial charge in [-0.1, -0.05) is 35.9 Å². The summed E-state index contributed by atoms with van der Waals surface area (Å²) in [5.74, 6) is -0.792. The van der Waals surface area contributed by atoms with Crippen LogP contribution >= 0.6 is 22.9 Å². The fourth-order valence-electron chi connectivity index (χ4n) is 2.03. The standard InChI is InChI=1S/C15H16ClNO2S/c16-15-17-13(10-20-15)4-2-1-3-11-5-7-12(8-6-11)9-14(18)19/h5-8,10H,1-4,9H2,(H,18,19). The van der Waals surface area contributed by atoms with Crippen molar-refractivity contribution in [1.82, 2.24) is 4.98 Å². The van der Waals surface area contributed by atoms with E-state index in [4.69, 9.17) is 16.7 Å². The smallest absolute Gasteiger partial charge is 0.307 e. The van der Waals surface area contributed by atoms with Crippen LogP contribution in [0.4, 0.5) is 0 Å². The molecule has 0 aliphatic heterocycles. The van der Waals surface area contributed by atoms with Gasteiger partial charge in [0.05, 0.1) is 12.1 Å². The number of aryl methyl sites for hydroxylation is 2. The summed E-state index contributed by atoms with van der Waals surface area (Å²) < 4.78 is 0.606. The Morgan fingerprint density at radius 3 is 2.40 bits per heavy atom. The Morgan fingerprint density at radius 1 is 1.15 bits per heavy atom. The molecular weight excluding hydrogens is 294 g/mol. The number of rotatable bonds is 7. The summed E-state index contributed by atoms with van der Waals surface area (Å²) in [5.41, 5.74) is 3.16. The fraction of sp³-hybridized carbons (Fsp3) is 0.333. The van der Waals surface area contributed by atoms with Crippen molar-refractivity contribution in [2.45, 2.75) is 32.1 Å². The number of hydrogen-bond acceptors (Lipinski definition) is 3. The van der Waals surface area contributed by atoms with E-state index in [9.17, 15) is 4.79 Å². The molecule has 1 aromatic heterocycles. The van der Waals surface area contributed by atoms with Crippen molar-refractivity contribution in [2.75, 3.05) is 0 Å². The van der Waals surface area contributed by atoms with Crippen molar-refractivity contribution in [3.8, 4) is 0 Å². The minimum absolute atomic E-state index is 0.0882. The monoisotopic (exact) mass is 309 g/mol. The predicted molar refractivity (Wildman–Crippen MR) is 81.5 cm³/mol. The van der Waals surface area contributed by atoms with Crippen LogP contribution in [0.5, 0.6) is 0 Å². The molecular formula is C15H16ClNO2S. The highest BCUT2D eigenvalue weighted by molar-refractivity contribution is 7.13. The van der Waals surface area contributed by atoms with Gasteiger partial charge in [-0.3, -0.25) is 4.79 Å². The third-order valence-electron chi connectivity index (χ3n) is 3.05. The minimum Gasteiger partial charge on any atom is -0.481 e. The predicted octanol–water partition coefficient (Wildman–Crippen LogP) is 3.99. The maximum absolute atomic E-state index is 10.6. The van der Waals surface area contributed by atoms with Crippen molar-refractivity contribution in [3.05, 3.63) is 50.9 Å². The van der Waals surface area contributed by atoms with Gasteiger partial charge >= 0.3 is 5.97 Å². The summed E-state index contributed by atoms with van der Waals surface area (Å²) in [7, 11) is 0. The number of hydrogen-bond donors (Lipinski definition) is 1. The van der Waals surface area contributed by atoms with E-state index in [0.29, 0.717) is 4.47 Å². The highest BCUT2D eigenvalue weighted by Crippen LogP contribution is 2.17. The second-order valence-electron chi connectivity index (χ2n) is 4.69. The number of benzene rings is 1. The van der Waals surface area contributed by atoms with Gasteiger partial charge in [-0.2, -0.15) is 0 Å². The molecule has 0 bridgehead atoms. The lowest BCUT2D eigenvalue weighted by Gasteiger charge is -2.03. The molecule has 0 saturated carbocycles. The molecule has 20 heavy (non-hydrogen) atoms. The first kappa shape index (κ1) is 15.0. The number of carboxylic acid groups (broad SMARTS) is 1. The summed E-state index contributed by atoms with van der Waals surface area (Å²) in [4.78, 5) is 14.8. The van der Waals surface area contributed by atoms with Crippen LogP contribution in [0.25, 0.3) is 0 Å². The van der Waals surface area contributed by atoms with Crippen LogP contribution in [0.3, 0.4) is 0 Å². The molecule has 2 aromatic rings. The lowest BCUT2D eigenvalue weighted by molar-refractivity contribution is -0.136. The number of nitrogens with zero attached hydrogens (tertiary/aromatic N) is 1. The molecule has 0 atom stereocenters. The Kier molecular flexibility index (Phi) is 5.56. The number of carboxylic acids is 1. The van der Waals surface area contributed by atoms with E-state index in [0.717, 1.165) is 36.9 Å². The Bertz CT molecular complexity index is 566. The van der Waals surface area contributed by atoms with E-state index in [1.54, 1.807) is 0 Å². The molecule has 0 aliphatic carbocycles. The van der Waals surface area contributed by atoms with Gasteiger partial charge in [0, 0.05) is 5.38 Å². The number of aromatic nitrogens is 1. The van der Waals surface area contributed by atoms with Crippen molar-refractivity contribution in [2.24, 2.45) is 0 Å². The third kappa shape index (κ3) is 4.94. The average molecular weight is 310 g/mol. The maximum Gasteiger partial charge on any atom is 0.307 e. The average Bonchev–Trinajstić information content (AvgIpc) is 2.82. The van der Waals surface area contributed by atoms with E-state index in [1.165, 1.54) is 16.9 Å². The molecule has 1 N–H and O–H groups in total. The Hall–Kier alpha value is -1.39. The van der Waals surface area contributed by atoms with Crippen LogP contribution in [-0.4, -0.2) is 16.1 Å². The zero-order valence-corrected chi connectivity index (χ0v) is 12.6. The number of carbonyl (C=O) groups is 1. The molecule has 0 fully saturated rings. The minimum atomic E-state index is -0.792. The van der Waals surface area contributed by atoms with Crippen LogP contribution in [0.2, 0.25) is 4.47 Å². The third-order valence-corrected chi connectivity index (χ3v) is 4.08. The highest BCUT2D eigenvalue weighted by Gasteiger charge is 2.02. The quantitative estimate of drug-likeness (QED) is 0.787. The molecule has 3 nitrogen and oxygen atoms in total. The van der Waals surface area contributed by atoms with Crippen LogP contribution in [0.1, 0.15) is 29.7 Å². The molecule has 106 valence electrons. The van der Waals surface area contributed by atoms with Crippen molar-refractivity contribution >= 4 is 28.9 Å². The summed E-state index contributed by atoms with van der Waals surface area (Å²) in [6.07, 6.45) is 4.22. The second-order valence-corrected chi connectivity index (χ2v) is 6.13. The van der Waals surface area contributed by atoms with Gasteiger partial charge < -0.3 is 5.11 Å². The Morgan fingerprint density at radius 2 is 1.80 bits per heavy atom. The lowest BCUT2D eigenvalue weighted by atomic mass is 10.0. The summed E-state index contributed by atoms with van der Waals surface area (Å²) >= 11 is 7.26. The Labute approximate surface area is 127 Å². The van der Waals surface area contributed by atoms with Crippen molar-refractivity contribution < 1.29 is 9.90 Å². The van der Waals surface area contributed by atoms with Gasteiger partial charge in [-0.15, -0.1) is 11.3 Å². The largest absolute Gasteiger partial charge is 0.481 e. The van der Waals surface area contributed by atoms with Crippen LogP contribution in [0.15, 0.2) is 29.6 Å². The highest BCUT2D eigenvalue weighted by atomic mass is 35.5. The van der Waals surface area contributed by atoms with Gasteiger partial charge in [-0.25, -0.2) is 4.98 Å². The molecule has 0 amide bonds. The van der Waals surface area contributed by atoms with Crippen LogP contribution < -0.4 is 0 Å². The Balaban J connectivity index is 1.72. The molecule has 0 saturated heterocycles. The van der Waals surface area contributed by atoms with Gasteiger partial charge in [0.15, 0.2) is 4.47 Å². The topological polar surface area (TPSA) is 50.2 Å². The van der Waals surface area contributed by atoms with E-state index < -0.39 is 5.97 Å². The number of aliphatic carboxylic acids is 1. The fourth-order valence-corrected chi connectivity index (χ4v) is 2.85. The first-order valence-corrected chi connectivity index (χ1v) is 7.79. The molecule has 0 spiro atoms. The SMILES string of the molecule is O=C(O)Cc1ccc(CCCCc2csc(Cl)n2)cc1. The first-order valence-electron chi connectivity index (χ1n) is 6.53. The maximum atomic E-state index is 10.6. The van der Waals surface area contributed by atoms with E-state index in [1.807, 2.05) is 29.6 Å². The van der Waals surface area contributed by atoms with Crippen LogP contribution in [0, 0.1) is 0 Å². The number of halogens is 1. The van der Waals surface area contributed by atoms with Gasteiger partial charge in [0.25, 0.3) is 0 Å². The van der Waals surface area contributed by atoms with Gasteiger partial charge in [-0.05, 0) is 36.8 Å². The van der Waals surface area contributed by atoms with Gasteiger partial charge in [0.1, 0.15) is 0 Å². The van der Waals surface area contributed by atoms with Crippen molar-refractivity contribution in [3.63, 3.8) is 0 Å². The molecule has 2 rings (SSSR count). The number of unbranched alkanes of at least 4 members (excludes halogenated alkanes) is 1. The van der Waals surface area contributed by atoms with Crippen molar-refractivity contribution in [1.29, 1.82) is 0 Å². The summed E-state index contributed by atoms with van der Waals surface area (Å²) in [6, 6.07) is 7.81. The summed E-state index contributed by atoms with van der Waals surface area (Å²) in [5, 5.41) is 10.7. The summed E-state index contributed by atoms with van der Waals surface area (Å²) in [6.45, 7) is 0. The van der Waals surface area contributed by atoms with Crippen LogP contribution in [-0.2, 0) is 24.1 Å².